The van der Waals surface area contributed by atoms with Crippen molar-refractivity contribution in [3.8, 4) is 5.75 Å². The van der Waals surface area contributed by atoms with E-state index in [1.807, 2.05) is 19.2 Å². The van der Waals surface area contributed by atoms with Gasteiger partial charge >= 0.3 is 0 Å². The zero-order chi connectivity index (χ0) is 18.5. The summed E-state index contributed by atoms with van der Waals surface area (Å²) in [5.41, 5.74) is 2.33. The number of nitrogens with one attached hydrogen (secondary N) is 1. The largest absolute Gasteiger partial charge is 0.497 e. The summed E-state index contributed by atoms with van der Waals surface area (Å²) in [5, 5.41) is 4.56. The van der Waals surface area contributed by atoms with Crippen molar-refractivity contribution in [2.24, 2.45) is 4.99 Å². The van der Waals surface area contributed by atoms with Crippen molar-refractivity contribution in [1.29, 1.82) is 0 Å². The molecule has 1 N–H and O–H groups in total. The van der Waals surface area contributed by atoms with Crippen LogP contribution in [0.3, 0.4) is 0 Å². The molecule has 0 bridgehead atoms. The summed E-state index contributed by atoms with van der Waals surface area (Å²) < 4.78 is 5.34. The first-order chi connectivity index (χ1) is 12.6. The van der Waals surface area contributed by atoms with Crippen LogP contribution in [0.15, 0.2) is 29.3 Å². The molecule has 0 atom stereocenters. The minimum Gasteiger partial charge on any atom is -0.497 e. The third-order valence-electron chi connectivity index (χ3n) is 4.68. The molecule has 1 fully saturated rings. The Balaban J connectivity index is 1.55. The average molecular weight is 374 g/mol. The highest BCUT2D eigenvalue weighted by atomic mass is 32.1. The molecule has 0 unspecified atom stereocenters. The number of anilines is 1. The summed E-state index contributed by atoms with van der Waals surface area (Å²) in [7, 11) is 3.55. The predicted molar refractivity (Wildman–Crippen MR) is 109 cm³/mol. The Morgan fingerprint density at radius 2 is 2.04 bits per heavy atom. The molecule has 2 heterocycles. The monoisotopic (exact) mass is 373 g/mol. The first-order valence-corrected chi connectivity index (χ1v) is 9.70. The summed E-state index contributed by atoms with van der Waals surface area (Å²) in [6.07, 6.45) is 0. The number of aliphatic imine (C=N–C) groups is 1. The van der Waals surface area contributed by atoms with Crippen molar-refractivity contribution in [3.05, 3.63) is 39.8 Å². The molecule has 6 nitrogen and oxygen atoms in total. The molecule has 3 rings (SSSR count). The van der Waals surface area contributed by atoms with Crippen LogP contribution in [0.5, 0.6) is 5.75 Å². The summed E-state index contributed by atoms with van der Waals surface area (Å²) >= 11 is 1.75. The third-order valence-corrected chi connectivity index (χ3v) is 5.75. The maximum atomic E-state index is 5.34. The number of aromatic nitrogens is 1. The van der Waals surface area contributed by atoms with Crippen LogP contribution in [0.1, 0.15) is 15.6 Å². The molecular formula is C19H27N5OS. The lowest BCUT2D eigenvalue weighted by molar-refractivity contribution is 0.372. The SMILES string of the molecule is CN=C(NCc1nc(C)c(C)s1)N1CCN(c2cccc(OC)c2)CC1. The van der Waals surface area contributed by atoms with Gasteiger partial charge in [0.15, 0.2) is 5.96 Å². The molecule has 1 aliphatic heterocycles. The van der Waals surface area contributed by atoms with Gasteiger partial charge in [0.2, 0.25) is 0 Å². The van der Waals surface area contributed by atoms with Gasteiger partial charge in [-0.05, 0) is 26.0 Å². The number of nitrogens with zero attached hydrogens (tertiary/aromatic N) is 4. The van der Waals surface area contributed by atoms with Crippen molar-refractivity contribution < 1.29 is 4.74 Å². The standard InChI is InChI=1S/C19H27N5OS/c1-14-15(2)26-18(22-14)13-21-19(20-3)24-10-8-23(9-11-24)16-6-5-7-17(12-16)25-4/h5-7,12H,8-11,13H2,1-4H3,(H,20,21). The molecule has 1 aliphatic rings. The van der Waals surface area contributed by atoms with Crippen molar-refractivity contribution in [2.45, 2.75) is 20.4 Å². The van der Waals surface area contributed by atoms with Crippen molar-refractivity contribution in [1.82, 2.24) is 15.2 Å². The van der Waals surface area contributed by atoms with Gasteiger partial charge in [-0.25, -0.2) is 4.98 Å². The van der Waals surface area contributed by atoms with E-state index in [2.05, 4.69) is 51.1 Å². The molecule has 0 aliphatic carbocycles. The number of piperazine rings is 1. The highest BCUT2D eigenvalue weighted by molar-refractivity contribution is 7.11. The normalized spacial score (nSPS) is 15.3. The number of ether oxygens (including phenoxy) is 1. The number of methoxy groups -OCH3 is 1. The van der Waals surface area contributed by atoms with Gasteiger partial charge in [-0.3, -0.25) is 4.99 Å². The van der Waals surface area contributed by atoms with E-state index in [4.69, 9.17) is 4.74 Å². The van der Waals surface area contributed by atoms with Crippen LogP contribution < -0.4 is 15.0 Å². The second-order valence-corrected chi connectivity index (χ2v) is 7.61. The number of benzene rings is 1. The Kier molecular flexibility index (Phi) is 5.98. The molecule has 26 heavy (non-hydrogen) atoms. The quantitative estimate of drug-likeness (QED) is 0.660. The number of guanidine groups is 1. The lowest BCUT2D eigenvalue weighted by atomic mass is 10.2. The minimum atomic E-state index is 0.724. The molecule has 140 valence electrons. The predicted octanol–water partition coefficient (Wildman–Crippen LogP) is 2.67. The second-order valence-electron chi connectivity index (χ2n) is 6.33. The Hall–Kier alpha value is -2.28. The Bertz CT molecular complexity index is 746. The number of thiazole rings is 1. The maximum Gasteiger partial charge on any atom is 0.194 e. The number of hydrogen-bond acceptors (Lipinski definition) is 5. The van der Waals surface area contributed by atoms with Crippen LogP contribution in [0, 0.1) is 13.8 Å². The second kappa shape index (κ2) is 8.40. The van der Waals surface area contributed by atoms with Crippen LogP contribution >= 0.6 is 11.3 Å². The molecule has 1 aromatic carbocycles. The van der Waals surface area contributed by atoms with E-state index in [9.17, 15) is 0 Å². The van der Waals surface area contributed by atoms with Gasteiger partial charge in [-0.1, -0.05) is 6.07 Å². The molecule has 7 heteroatoms. The Morgan fingerprint density at radius 3 is 2.65 bits per heavy atom. The topological polar surface area (TPSA) is 53.0 Å². The summed E-state index contributed by atoms with van der Waals surface area (Å²) in [5.74, 6) is 1.84. The fourth-order valence-electron chi connectivity index (χ4n) is 3.09. The van der Waals surface area contributed by atoms with Crippen LogP contribution in [0.2, 0.25) is 0 Å². The van der Waals surface area contributed by atoms with Crippen molar-refractivity contribution in [2.75, 3.05) is 45.2 Å². The first kappa shape index (κ1) is 18.5. The zero-order valence-electron chi connectivity index (χ0n) is 16.0. The third kappa shape index (κ3) is 4.27. The Labute approximate surface area is 159 Å². The molecule has 0 radical (unpaired) electrons. The molecule has 0 spiro atoms. The molecule has 0 amide bonds. The van der Waals surface area contributed by atoms with Crippen LogP contribution in [-0.2, 0) is 6.54 Å². The van der Waals surface area contributed by atoms with E-state index < -0.39 is 0 Å². The van der Waals surface area contributed by atoms with Gasteiger partial charge in [-0.15, -0.1) is 11.3 Å². The van der Waals surface area contributed by atoms with Gasteiger partial charge in [0.25, 0.3) is 0 Å². The molecule has 2 aromatic rings. The zero-order valence-corrected chi connectivity index (χ0v) is 16.8. The van der Waals surface area contributed by atoms with Crippen molar-refractivity contribution >= 4 is 23.0 Å². The Morgan fingerprint density at radius 1 is 1.27 bits per heavy atom. The molecule has 1 aromatic heterocycles. The molecule has 0 saturated carbocycles. The van der Waals surface area contributed by atoms with Crippen molar-refractivity contribution in [3.63, 3.8) is 0 Å². The van der Waals surface area contributed by atoms with E-state index in [0.29, 0.717) is 0 Å². The summed E-state index contributed by atoms with van der Waals surface area (Å²) in [6, 6.07) is 8.25. The van der Waals surface area contributed by atoms with Gasteiger partial charge in [0.1, 0.15) is 10.8 Å². The van der Waals surface area contributed by atoms with E-state index in [-0.39, 0.29) is 0 Å². The summed E-state index contributed by atoms with van der Waals surface area (Å²) in [6.45, 7) is 8.69. The maximum absolute atomic E-state index is 5.34. The van der Waals surface area contributed by atoms with Gasteiger partial charge in [0.05, 0.1) is 19.3 Å². The van der Waals surface area contributed by atoms with E-state index in [1.54, 1.807) is 18.4 Å². The fourth-order valence-corrected chi connectivity index (χ4v) is 3.96. The van der Waals surface area contributed by atoms with E-state index in [1.165, 1.54) is 10.6 Å². The van der Waals surface area contributed by atoms with Gasteiger partial charge in [-0.2, -0.15) is 0 Å². The van der Waals surface area contributed by atoms with Gasteiger partial charge < -0.3 is 19.9 Å². The lowest BCUT2D eigenvalue weighted by Gasteiger charge is -2.37. The fraction of sp³-hybridized carbons (Fsp3) is 0.474. The number of hydrogen-bond donors (Lipinski definition) is 1. The average Bonchev–Trinajstić information content (AvgIpc) is 3.00. The number of aryl methyl sites for hydroxylation is 2. The van der Waals surface area contributed by atoms with Crippen LogP contribution in [0.25, 0.3) is 0 Å². The highest BCUT2D eigenvalue weighted by Crippen LogP contribution is 2.22. The van der Waals surface area contributed by atoms with Gasteiger partial charge in [0, 0.05) is 49.9 Å². The van der Waals surface area contributed by atoms with E-state index in [0.717, 1.165) is 55.1 Å². The molecule has 1 saturated heterocycles. The van der Waals surface area contributed by atoms with E-state index >= 15 is 0 Å². The summed E-state index contributed by atoms with van der Waals surface area (Å²) in [4.78, 5) is 15.0. The smallest absolute Gasteiger partial charge is 0.194 e. The molecular weight excluding hydrogens is 346 g/mol. The van der Waals surface area contributed by atoms with Crippen LogP contribution in [-0.4, -0.2) is 56.2 Å². The van der Waals surface area contributed by atoms with Crippen LogP contribution in [0.4, 0.5) is 5.69 Å². The number of rotatable bonds is 4. The first-order valence-electron chi connectivity index (χ1n) is 8.88. The highest BCUT2D eigenvalue weighted by Gasteiger charge is 2.20. The minimum absolute atomic E-state index is 0.724. The lowest BCUT2D eigenvalue weighted by Crippen LogP contribution is -2.52.